The molecule has 29 heavy (non-hydrogen) atoms. The molecular weight excluding hydrogens is 498 g/mol. The maximum Gasteiger partial charge on any atom is 0.573 e. The summed E-state index contributed by atoms with van der Waals surface area (Å²) >= 11 is 0. The Hall–Kier alpha value is -2.76. The number of ether oxygens (including phenoxy) is 1. The second kappa shape index (κ2) is 10.1. The summed E-state index contributed by atoms with van der Waals surface area (Å²) in [4.78, 5) is 8.20. The molecule has 3 N–H and O–H groups in total. The van der Waals surface area contributed by atoms with E-state index in [2.05, 4.69) is 20.0 Å². The molecule has 154 valence electrons. The van der Waals surface area contributed by atoms with Gasteiger partial charge in [0.1, 0.15) is 0 Å². The highest BCUT2D eigenvalue weighted by Crippen LogP contribution is 2.29. The maximum absolute atomic E-state index is 12.5. The Kier molecular flexibility index (Phi) is 7.88. The van der Waals surface area contributed by atoms with Gasteiger partial charge in [-0.2, -0.15) is 0 Å². The highest BCUT2D eigenvalue weighted by atomic mass is 127. The molecule has 1 heterocycles. The Morgan fingerprint density at radius 1 is 1.14 bits per heavy atom. The van der Waals surface area contributed by atoms with Gasteiger partial charge in [0.05, 0.1) is 18.6 Å². The van der Waals surface area contributed by atoms with Crippen LogP contribution in [0.5, 0.6) is 5.75 Å². The number of nitrogens with one attached hydrogen (secondary N) is 1. The minimum Gasteiger partial charge on any atom is -0.404 e. The van der Waals surface area contributed by atoms with Gasteiger partial charge in [-0.1, -0.05) is 36.4 Å². The van der Waals surface area contributed by atoms with E-state index in [-0.39, 0.29) is 47.9 Å². The molecule has 0 aliphatic rings. The van der Waals surface area contributed by atoms with Crippen molar-refractivity contribution in [3.8, 4) is 5.75 Å². The number of aromatic nitrogens is 2. The van der Waals surface area contributed by atoms with E-state index in [4.69, 9.17) is 5.73 Å². The van der Waals surface area contributed by atoms with E-state index >= 15 is 0 Å². The predicted molar refractivity (Wildman–Crippen MR) is 115 cm³/mol. The van der Waals surface area contributed by atoms with Crippen molar-refractivity contribution in [1.29, 1.82) is 0 Å². The lowest BCUT2D eigenvalue weighted by atomic mass is 10.1. The predicted octanol–water partition coefficient (Wildman–Crippen LogP) is 4.37. The van der Waals surface area contributed by atoms with Gasteiger partial charge in [-0.15, -0.1) is 37.1 Å². The minimum absolute atomic E-state index is 0. The summed E-state index contributed by atoms with van der Waals surface area (Å²) in [6.45, 7) is 0.951. The van der Waals surface area contributed by atoms with Gasteiger partial charge < -0.3 is 20.4 Å². The zero-order chi connectivity index (χ0) is 20.0. The number of hydrogen-bond donors (Lipinski definition) is 2. The lowest BCUT2D eigenvalue weighted by molar-refractivity contribution is -0.274. The summed E-state index contributed by atoms with van der Waals surface area (Å²) < 4.78 is 43.4. The number of halogens is 4. The number of nitrogens with two attached hydrogens (primary N) is 1. The third kappa shape index (κ3) is 7.29. The van der Waals surface area contributed by atoms with Gasteiger partial charge in [0, 0.05) is 18.9 Å². The van der Waals surface area contributed by atoms with Crippen LogP contribution >= 0.6 is 24.0 Å². The Bertz CT molecular complexity index is 945. The number of nitrogens with zero attached hydrogens (tertiary/aromatic N) is 3. The molecule has 0 saturated heterocycles. The Morgan fingerprint density at radius 3 is 2.62 bits per heavy atom. The SMILES string of the molecule is I.NC(=NCc1cccc(Cn2ccnc2)c1)Nc1ccccc1OC(F)(F)F. The quantitative estimate of drug-likeness (QED) is 0.289. The molecule has 0 radical (unpaired) electrons. The number of hydrogen-bond acceptors (Lipinski definition) is 3. The first kappa shape index (κ1) is 22.5. The molecule has 0 aliphatic heterocycles. The van der Waals surface area contributed by atoms with Gasteiger partial charge >= 0.3 is 6.36 Å². The first-order valence-corrected chi connectivity index (χ1v) is 8.34. The monoisotopic (exact) mass is 517 g/mol. The average molecular weight is 517 g/mol. The molecule has 0 amide bonds. The molecule has 6 nitrogen and oxygen atoms in total. The molecule has 0 saturated carbocycles. The van der Waals surface area contributed by atoms with Crippen molar-refractivity contribution in [2.45, 2.75) is 19.5 Å². The fourth-order valence-corrected chi connectivity index (χ4v) is 2.55. The number of imidazole rings is 1. The lowest BCUT2D eigenvalue weighted by Gasteiger charge is -2.14. The Balaban J connectivity index is 0.00000300. The van der Waals surface area contributed by atoms with Gasteiger partial charge in [0.15, 0.2) is 11.7 Å². The van der Waals surface area contributed by atoms with Crippen LogP contribution in [0.25, 0.3) is 0 Å². The molecule has 0 aliphatic carbocycles. The molecule has 0 fully saturated rings. The van der Waals surface area contributed by atoms with Crippen molar-refractivity contribution in [3.63, 3.8) is 0 Å². The van der Waals surface area contributed by atoms with Crippen molar-refractivity contribution >= 4 is 35.6 Å². The smallest absolute Gasteiger partial charge is 0.404 e. The van der Waals surface area contributed by atoms with Gasteiger partial charge in [0.2, 0.25) is 0 Å². The number of benzene rings is 2. The van der Waals surface area contributed by atoms with Crippen LogP contribution in [0.3, 0.4) is 0 Å². The molecule has 3 rings (SSSR count). The fourth-order valence-electron chi connectivity index (χ4n) is 2.55. The van der Waals surface area contributed by atoms with Crippen LogP contribution in [0.2, 0.25) is 0 Å². The normalized spacial score (nSPS) is 11.6. The number of para-hydroxylation sites is 2. The van der Waals surface area contributed by atoms with Crippen molar-refractivity contribution in [2.75, 3.05) is 5.32 Å². The summed E-state index contributed by atoms with van der Waals surface area (Å²) in [5.41, 5.74) is 7.89. The van der Waals surface area contributed by atoms with Crippen molar-refractivity contribution in [3.05, 3.63) is 78.4 Å². The topological polar surface area (TPSA) is 77.5 Å². The largest absolute Gasteiger partial charge is 0.573 e. The fraction of sp³-hybridized carbons (Fsp3) is 0.158. The highest BCUT2D eigenvalue weighted by molar-refractivity contribution is 14.0. The van der Waals surface area contributed by atoms with Crippen LogP contribution in [-0.4, -0.2) is 21.9 Å². The lowest BCUT2D eigenvalue weighted by Crippen LogP contribution is -2.24. The van der Waals surface area contributed by atoms with E-state index in [1.54, 1.807) is 18.6 Å². The van der Waals surface area contributed by atoms with Crippen molar-refractivity contribution in [2.24, 2.45) is 10.7 Å². The number of rotatable bonds is 6. The van der Waals surface area contributed by atoms with Gasteiger partial charge in [-0.25, -0.2) is 9.98 Å². The van der Waals surface area contributed by atoms with E-state index < -0.39 is 6.36 Å². The van der Waals surface area contributed by atoms with Crippen LogP contribution in [0, 0.1) is 0 Å². The standard InChI is InChI=1S/C19H18F3N5O.HI/c20-19(21,22)28-17-7-2-1-6-16(17)26-18(23)25-11-14-4-3-5-15(10-14)12-27-9-8-24-13-27;/h1-10,13H,11-12H2,(H3,23,25,26);1H. The summed E-state index contributed by atoms with van der Waals surface area (Å²) in [6.07, 6.45) is 0.514. The summed E-state index contributed by atoms with van der Waals surface area (Å²) in [5, 5.41) is 2.64. The van der Waals surface area contributed by atoms with Crippen LogP contribution in [0.15, 0.2) is 72.2 Å². The number of aliphatic imine (C=N–C) groups is 1. The third-order valence-electron chi connectivity index (χ3n) is 3.72. The average Bonchev–Trinajstić information content (AvgIpc) is 3.14. The summed E-state index contributed by atoms with van der Waals surface area (Å²) in [6, 6.07) is 13.4. The zero-order valence-corrected chi connectivity index (χ0v) is 17.5. The first-order chi connectivity index (χ1) is 13.4. The molecule has 2 aromatic carbocycles. The Labute approximate surface area is 182 Å². The Morgan fingerprint density at radius 2 is 1.90 bits per heavy atom. The maximum atomic E-state index is 12.5. The van der Waals surface area contributed by atoms with E-state index in [1.807, 2.05) is 35.0 Å². The third-order valence-corrected chi connectivity index (χ3v) is 3.72. The molecule has 0 atom stereocenters. The summed E-state index contributed by atoms with van der Waals surface area (Å²) in [5.74, 6) is -0.395. The molecule has 3 aromatic rings. The number of anilines is 1. The molecule has 0 spiro atoms. The number of guanidine groups is 1. The molecular formula is C19H19F3IN5O. The van der Waals surface area contributed by atoms with Crippen LogP contribution in [-0.2, 0) is 13.1 Å². The van der Waals surface area contributed by atoms with Gasteiger partial charge in [-0.05, 0) is 23.3 Å². The van der Waals surface area contributed by atoms with Crippen LogP contribution in [0.1, 0.15) is 11.1 Å². The molecule has 0 bridgehead atoms. The molecule has 1 aromatic heterocycles. The highest BCUT2D eigenvalue weighted by Gasteiger charge is 2.32. The zero-order valence-electron chi connectivity index (χ0n) is 15.1. The van der Waals surface area contributed by atoms with E-state index in [0.717, 1.165) is 11.1 Å². The first-order valence-electron chi connectivity index (χ1n) is 8.34. The van der Waals surface area contributed by atoms with Crippen molar-refractivity contribution in [1.82, 2.24) is 9.55 Å². The second-order valence-corrected chi connectivity index (χ2v) is 5.93. The second-order valence-electron chi connectivity index (χ2n) is 5.93. The molecule has 0 unspecified atom stereocenters. The number of alkyl halides is 3. The van der Waals surface area contributed by atoms with E-state index in [9.17, 15) is 13.2 Å². The minimum atomic E-state index is -4.79. The van der Waals surface area contributed by atoms with Gasteiger partial charge in [-0.3, -0.25) is 0 Å². The van der Waals surface area contributed by atoms with Gasteiger partial charge in [0.25, 0.3) is 0 Å². The summed E-state index contributed by atoms with van der Waals surface area (Å²) in [7, 11) is 0. The molecule has 10 heteroatoms. The van der Waals surface area contributed by atoms with Crippen LogP contribution < -0.4 is 15.8 Å². The van der Waals surface area contributed by atoms with Crippen molar-refractivity contribution < 1.29 is 17.9 Å². The van der Waals surface area contributed by atoms with E-state index in [0.29, 0.717) is 6.54 Å². The van der Waals surface area contributed by atoms with Crippen LogP contribution in [0.4, 0.5) is 18.9 Å². The van der Waals surface area contributed by atoms with E-state index in [1.165, 1.54) is 18.2 Å².